The Labute approximate surface area is 249 Å². The molecule has 2 fully saturated rings. The van der Waals surface area contributed by atoms with Gasteiger partial charge in [0.25, 0.3) is 0 Å². The molecule has 1 amide bonds. The van der Waals surface area contributed by atoms with Gasteiger partial charge in [-0.15, -0.1) is 0 Å². The highest BCUT2D eigenvalue weighted by molar-refractivity contribution is 5.82. The Kier molecular flexibility index (Phi) is 11.2. The smallest absolute Gasteiger partial charge is 0.379 e. The number of rotatable bonds is 11. The summed E-state index contributed by atoms with van der Waals surface area (Å²) >= 11 is 0. The standard InChI is InChI=1S/C32H41F7N2O2/c1-6-25(8-7-12-33)28-16-24(18-40(5)27-9-11-30(17-27)19-43-20-30)10-13-41(28)29(42)23(4)21(2)14-26(32(37,38)39)15-22(3)31(34,35)36/h6-8,12,14,17,23-24,26,28H,1,3,9-11,13,15-16,18-20H2,2,4-5H3/b12-7+,21-14+,25-8+/t23?,24-,26?,28?/m0/s1. The predicted octanol–water partition coefficient (Wildman–Crippen LogP) is 8.08. The van der Waals surface area contributed by atoms with E-state index in [0.29, 0.717) is 37.4 Å². The number of likely N-dealkylation sites (tertiary alicyclic amines) is 1. The molecule has 2 heterocycles. The third kappa shape index (κ3) is 8.64. The lowest BCUT2D eigenvalue weighted by atomic mass is 9.84. The van der Waals surface area contributed by atoms with E-state index in [1.54, 1.807) is 4.90 Å². The number of carbonyl (C=O) groups is 1. The summed E-state index contributed by atoms with van der Waals surface area (Å²) in [4.78, 5) is 17.5. The number of halogens is 7. The van der Waals surface area contributed by atoms with E-state index in [0.717, 1.165) is 32.6 Å². The Bertz CT molecular complexity index is 1160. The van der Waals surface area contributed by atoms with Crippen LogP contribution in [0.2, 0.25) is 0 Å². The van der Waals surface area contributed by atoms with Crippen LogP contribution in [0.1, 0.15) is 46.0 Å². The minimum absolute atomic E-state index is 0.0118. The van der Waals surface area contributed by atoms with Crippen LogP contribution in [-0.2, 0) is 9.53 Å². The van der Waals surface area contributed by atoms with Crippen LogP contribution in [0.25, 0.3) is 0 Å². The van der Waals surface area contributed by atoms with Gasteiger partial charge in [-0.05, 0) is 63.5 Å². The molecule has 240 valence electrons. The summed E-state index contributed by atoms with van der Waals surface area (Å²) in [7, 11) is 2.04. The topological polar surface area (TPSA) is 32.8 Å². The normalized spacial score (nSPS) is 24.5. The maximum atomic E-state index is 13.7. The molecule has 0 radical (unpaired) electrons. The van der Waals surface area contributed by atoms with E-state index in [9.17, 15) is 35.5 Å². The van der Waals surface area contributed by atoms with Gasteiger partial charge in [-0.1, -0.05) is 43.0 Å². The first-order valence-electron chi connectivity index (χ1n) is 14.4. The zero-order valence-corrected chi connectivity index (χ0v) is 24.9. The van der Waals surface area contributed by atoms with Gasteiger partial charge >= 0.3 is 12.4 Å². The van der Waals surface area contributed by atoms with E-state index in [1.807, 2.05) is 7.05 Å². The fraction of sp³-hybridized carbons (Fsp3) is 0.594. The molecule has 0 aromatic carbocycles. The van der Waals surface area contributed by atoms with Gasteiger partial charge in [-0.3, -0.25) is 4.79 Å². The van der Waals surface area contributed by atoms with Crippen molar-refractivity contribution in [1.82, 2.24) is 9.80 Å². The second-order valence-electron chi connectivity index (χ2n) is 12.1. The van der Waals surface area contributed by atoms with E-state index < -0.39 is 48.1 Å². The van der Waals surface area contributed by atoms with E-state index in [1.165, 1.54) is 37.8 Å². The summed E-state index contributed by atoms with van der Waals surface area (Å²) in [6.45, 7) is 11.9. The van der Waals surface area contributed by atoms with Gasteiger partial charge in [-0.2, -0.15) is 26.3 Å². The highest BCUT2D eigenvalue weighted by Crippen LogP contribution is 2.43. The molecule has 0 aromatic rings. The van der Waals surface area contributed by atoms with Gasteiger partial charge in [0.2, 0.25) is 5.91 Å². The van der Waals surface area contributed by atoms with Gasteiger partial charge in [0.05, 0.1) is 37.4 Å². The van der Waals surface area contributed by atoms with Crippen molar-refractivity contribution < 1.29 is 40.3 Å². The SMILES string of the molecule is C=C/C(=C\C=C\F)C1C[C@@H](CN(C)C2=CC3(CC2)COC3)CCN1C(=O)C(C)/C(C)=C/C(CC(=C)C(F)(F)F)C(F)(F)F. The van der Waals surface area contributed by atoms with Crippen molar-refractivity contribution in [2.45, 2.75) is 64.3 Å². The molecule has 3 aliphatic rings. The van der Waals surface area contributed by atoms with Gasteiger partial charge < -0.3 is 14.5 Å². The van der Waals surface area contributed by atoms with Gasteiger partial charge in [0, 0.05) is 36.8 Å². The monoisotopic (exact) mass is 618 g/mol. The number of allylic oxidation sites excluding steroid dienone is 5. The maximum absolute atomic E-state index is 13.7. The Morgan fingerprint density at radius 3 is 2.44 bits per heavy atom. The summed E-state index contributed by atoms with van der Waals surface area (Å²) in [5.41, 5.74) is 0.490. The van der Waals surface area contributed by atoms with Gasteiger partial charge in [0.15, 0.2) is 0 Å². The summed E-state index contributed by atoms with van der Waals surface area (Å²) in [6.07, 6.45) is -0.502. The van der Waals surface area contributed by atoms with Crippen molar-refractivity contribution >= 4 is 5.91 Å². The van der Waals surface area contributed by atoms with Crippen LogP contribution in [0.3, 0.4) is 0 Å². The molecule has 3 unspecified atom stereocenters. The van der Waals surface area contributed by atoms with Crippen LogP contribution < -0.4 is 0 Å². The Hall–Kier alpha value is -2.82. The highest BCUT2D eigenvalue weighted by Gasteiger charge is 2.44. The van der Waals surface area contributed by atoms with E-state index in [4.69, 9.17) is 4.74 Å². The summed E-state index contributed by atoms with van der Waals surface area (Å²) in [6, 6.07) is -0.504. The predicted molar refractivity (Wildman–Crippen MR) is 152 cm³/mol. The second-order valence-corrected chi connectivity index (χ2v) is 12.1. The molecule has 0 saturated carbocycles. The summed E-state index contributed by atoms with van der Waals surface area (Å²) in [5.74, 6) is -3.76. The Balaban J connectivity index is 1.80. The van der Waals surface area contributed by atoms with Gasteiger partial charge in [0.1, 0.15) is 0 Å². The molecule has 1 spiro atoms. The fourth-order valence-corrected chi connectivity index (χ4v) is 6.07. The molecular formula is C32H41F7N2O2. The zero-order valence-electron chi connectivity index (χ0n) is 24.9. The minimum Gasteiger partial charge on any atom is -0.379 e. The van der Waals surface area contributed by atoms with Crippen LogP contribution in [0.4, 0.5) is 30.7 Å². The largest absolute Gasteiger partial charge is 0.412 e. The first-order valence-corrected chi connectivity index (χ1v) is 14.4. The first-order chi connectivity index (χ1) is 20.0. The van der Waals surface area contributed by atoms with Crippen LogP contribution in [0, 0.1) is 23.2 Å². The number of hydrogen-bond donors (Lipinski definition) is 0. The number of nitrogens with zero attached hydrogens (tertiary/aromatic N) is 2. The number of piperidine rings is 1. The molecule has 11 heteroatoms. The van der Waals surface area contributed by atoms with Crippen molar-refractivity contribution in [2.75, 3.05) is 33.4 Å². The molecule has 2 saturated heterocycles. The van der Waals surface area contributed by atoms with Crippen LogP contribution in [-0.4, -0.2) is 67.5 Å². The third-order valence-electron chi connectivity index (χ3n) is 8.93. The zero-order chi connectivity index (χ0) is 32.2. The van der Waals surface area contributed by atoms with E-state index in [2.05, 4.69) is 24.1 Å². The molecule has 2 aliphatic heterocycles. The number of hydrogen-bond acceptors (Lipinski definition) is 3. The molecule has 4 nitrogen and oxygen atoms in total. The van der Waals surface area contributed by atoms with E-state index >= 15 is 0 Å². The Morgan fingerprint density at radius 2 is 1.93 bits per heavy atom. The van der Waals surface area contributed by atoms with Crippen molar-refractivity contribution in [3.8, 4) is 0 Å². The number of carbonyl (C=O) groups excluding carboxylic acids is 1. The second kappa shape index (κ2) is 13.9. The average Bonchev–Trinajstić information content (AvgIpc) is 3.38. The molecule has 4 atom stereocenters. The maximum Gasteiger partial charge on any atom is 0.412 e. The lowest BCUT2D eigenvalue weighted by Crippen LogP contribution is -2.50. The lowest BCUT2D eigenvalue weighted by molar-refractivity contribution is -0.165. The Morgan fingerprint density at radius 1 is 1.26 bits per heavy atom. The molecule has 0 aromatic heterocycles. The van der Waals surface area contributed by atoms with Crippen LogP contribution in [0.15, 0.2) is 72.3 Å². The first kappa shape index (κ1) is 34.7. The quantitative estimate of drug-likeness (QED) is 0.133. The summed E-state index contributed by atoms with van der Waals surface area (Å²) < 4.78 is 98.2. The molecule has 0 bridgehead atoms. The highest BCUT2D eigenvalue weighted by atomic mass is 19.4. The number of alkyl halides is 6. The average molecular weight is 619 g/mol. The molecule has 0 N–H and O–H groups in total. The minimum atomic E-state index is -4.96. The van der Waals surface area contributed by atoms with E-state index in [-0.39, 0.29) is 16.9 Å². The van der Waals surface area contributed by atoms with Crippen molar-refractivity contribution in [3.05, 3.63) is 72.3 Å². The molecule has 1 aliphatic carbocycles. The molecular weight excluding hydrogens is 577 g/mol. The molecule has 3 rings (SSSR count). The van der Waals surface area contributed by atoms with Crippen molar-refractivity contribution in [3.63, 3.8) is 0 Å². The molecule has 43 heavy (non-hydrogen) atoms. The van der Waals surface area contributed by atoms with Crippen LogP contribution >= 0.6 is 0 Å². The van der Waals surface area contributed by atoms with Crippen molar-refractivity contribution in [1.29, 1.82) is 0 Å². The number of ether oxygens (including phenoxy) is 1. The lowest BCUT2D eigenvalue weighted by Gasteiger charge is -2.43. The fourth-order valence-electron chi connectivity index (χ4n) is 6.07. The van der Waals surface area contributed by atoms with Crippen molar-refractivity contribution in [2.24, 2.45) is 23.2 Å². The summed E-state index contributed by atoms with van der Waals surface area (Å²) in [5, 5.41) is 0. The van der Waals surface area contributed by atoms with Gasteiger partial charge in [-0.25, -0.2) is 4.39 Å². The van der Waals surface area contributed by atoms with Crippen LogP contribution in [0.5, 0.6) is 0 Å². The number of amides is 1. The third-order valence-corrected chi connectivity index (χ3v) is 8.93.